The number of carbonyl (C=O) groups is 1. The molecule has 3 aromatic carbocycles. The van der Waals surface area contributed by atoms with Gasteiger partial charge in [-0.25, -0.2) is 4.39 Å². The standard InChI is InChI=1S/C32H35FN2O5/c1-4-39-27-11-8-24(9-12-27)20-35(21-25-6-5-7-26(33)18-25)22-28-13-15-30(40-28)32(36)34-17-16-23-10-14-29(37-2)31(19-23)38-3/h5-15,18-19H,4,16-17,20-22H2,1-3H3,(H,34,36). The highest BCUT2D eigenvalue weighted by Crippen LogP contribution is 2.27. The van der Waals surface area contributed by atoms with Crippen molar-refractivity contribution in [1.82, 2.24) is 10.2 Å². The van der Waals surface area contributed by atoms with Crippen LogP contribution in [-0.2, 0) is 26.1 Å². The zero-order valence-corrected chi connectivity index (χ0v) is 23.1. The molecular weight excluding hydrogens is 511 g/mol. The molecule has 0 spiro atoms. The maximum atomic E-state index is 13.9. The predicted molar refractivity (Wildman–Crippen MR) is 151 cm³/mol. The Kier molecular flexibility index (Phi) is 10.2. The average molecular weight is 547 g/mol. The highest BCUT2D eigenvalue weighted by Gasteiger charge is 2.15. The maximum absolute atomic E-state index is 13.9. The quantitative estimate of drug-likeness (QED) is 0.209. The lowest BCUT2D eigenvalue weighted by molar-refractivity contribution is 0.0922. The van der Waals surface area contributed by atoms with Crippen LogP contribution in [-0.4, -0.2) is 38.2 Å². The molecule has 1 heterocycles. The summed E-state index contributed by atoms with van der Waals surface area (Å²) >= 11 is 0. The van der Waals surface area contributed by atoms with Crippen LogP contribution in [0.4, 0.5) is 4.39 Å². The Morgan fingerprint density at radius 2 is 1.60 bits per heavy atom. The fraction of sp³-hybridized carbons (Fsp3) is 0.281. The molecule has 0 aliphatic carbocycles. The summed E-state index contributed by atoms with van der Waals surface area (Å²) in [4.78, 5) is 14.9. The molecular formula is C32H35FN2O5. The molecule has 0 unspecified atom stereocenters. The Morgan fingerprint density at radius 1 is 0.850 bits per heavy atom. The van der Waals surface area contributed by atoms with Gasteiger partial charge in [-0.3, -0.25) is 9.69 Å². The number of rotatable bonds is 14. The molecule has 0 bridgehead atoms. The van der Waals surface area contributed by atoms with Crippen molar-refractivity contribution in [2.24, 2.45) is 0 Å². The first-order valence-electron chi connectivity index (χ1n) is 13.2. The zero-order chi connectivity index (χ0) is 28.3. The number of amides is 1. The van der Waals surface area contributed by atoms with Crippen molar-refractivity contribution in [3.05, 3.63) is 113 Å². The smallest absolute Gasteiger partial charge is 0.287 e. The number of carbonyl (C=O) groups excluding carboxylic acids is 1. The Hall–Kier alpha value is -4.30. The van der Waals surface area contributed by atoms with Crippen LogP contribution in [0.1, 0.15) is 39.9 Å². The van der Waals surface area contributed by atoms with Gasteiger partial charge in [0.05, 0.1) is 27.4 Å². The molecule has 210 valence electrons. The normalized spacial score (nSPS) is 10.9. The SMILES string of the molecule is CCOc1ccc(CN(Cc2cccc(F)c2)Cc2ccc(C(=O)NCCc3ccc(OC)c(OC)c3)o2)cc1. The van der Waals surface area contributed by atoms with Crippen LogP contribution in [0.5, 0.6) is 17.2 Å². The summed E-state index contributed by atoms with van der Waals surface area (Å²) in [6, 6.07) is 23.6. The maximum Gasteiger partial charge on any atom is 0.287 e. The molecule has 1 N–H and O–H groups in total. The molecule has 0 radical (unpaired) electrons. The summed E-state index contributed by atoms with van der Waals surface area (Å²) in [5.41, 5.74) is 2.95. The van der Waals surface area contributed by atoms with Gasteiger partial charge in [0.2, 0.25) is 0 Å². The van der Waals surface area contributed by atoms with Gasteiger partial charge >= 0.3 is 0 Å². The Labute approximate surface area is 234 Å². The largest absolute Gasteiger partial charge is 0.494 e. The van der Waals surface area contributed by atoms with Crippen molar-refractivity contribution in [2.45, 2.75) is 33.0 Å². The van der Waals surface area contributed by atoms with E-state index in [9.17, 15) is 9.18 Å². The summed E-state index contributed by atoms with van der Waals surface area (Å²) < 4.78 is 35.9. The molecule has 0 saturated carbocycles. The van der Waals surface area contributed by atoms with Crippen LogP contribution >= 0.6 is 0 Å². The minimum atomic E-state index is -0.282. The highest BCUT2D eigenvalue weighted by atomic mass is 19.1. The Balaban J connectivity index is 1.38. The summed E-state index contributed by atoms with van der Waals surface area (Å²) in [5, 5.41) is 2.91. The van der Waals surface area contributed by atoms with Crippen molar-refractivity contribution >= 4 is 5.91 Å². The van der Waals surface area contributed by atoms with E-state index in [2.05, 4.69) is 10.2 Å². The van der Waals surface area contributed by atoms with Crippen LogP contribution in [0.3, 0.4) is 0 Å². The molecule has 8 heteroatoms. The number of nitrogens with one attached hydrogen (secondary N) is 1. The van der Waals surface area contributed by atoms with Gasteiger partial charge in [-0.15, -0.1) is 0 Å². The second-order valence-electron chi connectivity index (χ2n) is 9.31. The summed E-state index contributed by atoms with van der Waals surface area (Å²) in [5.74, 6) is 2.46. The molecule has 0 aliphatic rings. The van der Waals surface area contributed by atoms with Crippen molar-refractivity contribution in [2.75, 3.05) is 27.4 Å². The molecule has 1 amide bonds. The number of hydrogen-bond donors (Lipinski definition) is 1. The summed E-state index contributed by atoms with van der Waals surface area (Å²) in [6.45, 7) is 4.56. The number of hydrogen-bond acceptors (Lipinski definition) is 6. The Bertz CT molecular complexity index is 1390. The van der Waals surface area contributed by atoms with Crippen molar-refractivity contribution in [1.29, 1.82) is 0 Å². The van der Waals surface area contributed by atoms with E-state index in [0.29, 0.717) is 56.5 Å². The molecule has 1 aromatic heterocycles. The van der Waals surface area contributed by atoms with Gasteiger partial charge in [0, 0.05) is 19.6 Å². The number of benzene rings is 3. The lowest BCUT2D eigenvalue weighted by atomic mass is 10.1. The summed E-state index contributed by atoms with van der Waals surface area (Å²) in [6.07, 6.45) is 0.628. The van der Waals surface area contributed by atoms with Crippen LogP contribution in [0.15, 0.2) is 83.3 Å². The summed E-state index contributed by atoms with van der Waals surface area (Å²) in [7, 11) is 3.19. The number of halogens is 1. The highest BCUT2D eigenvalue weighted by molar-refractivity contribution is 5.91. The minimum absolute atomic E-state index is 0.245. The molecule has 0 atom stereocenters. The van der Waals surface area contributed by atoms with E-state index in [1.807, 2.05) is 55.5 Å². The lowest BCUT2D eigenvalue weighted by Gasteiger charge is -2.22. The van der Waals surface area contributed by atoms with Gasteiger partial charge in [-0.2, -0.15) is 0 Å². The average Bonchev–Trinajstić information content (AvgIpc) is 3.42. The molecule has 0 saturated heterocycles. The molecule has 0 fully saturated rings. The van der Waals surface area contributed by atoms with Gasteiger partial charge in [0.1, 0.15) is 17.3 Å². The zero-order valence-electron chi connectivity index (χ0n) is 23.1. The van der Waals surface area contributed by atoms with Gasteiger partial charge in [-0.1, -0.05) is 30.3 Å². The second-order valence-corrected chi connectivity index (χ2v) is 9.31. The third-order valence-corrected chi connectivity index (χ3v) is 6.35. The van der Waals surface area contributed by atoms with Crippen molar-refractivity contribution in [3.8, 4) is 17.2 Å². The van der Waals surface area contributed by atoms with E-state index in [0.717, 1.165) is 22.4 Å². The van der Waals surface area contributed by atoms with Crippen LogP contribution in [0, 0.1) is 5.82 Å². The molecule has 0 aliphatic heterocycles. The van der Waals surface area contributed by atoms with Gasteiger partial charge in [0.15, 0.2) is 17.3 Å². The van der Waals surface area contributed by atoms with E-state index in [4.69, 9.17) is 18.6 Å². The topological polar surface area (TPSA) is 73.2 Å². The fourth-order valence-corrected chi connectivity index (χ4v) is 4.43. The second kappa shape index (κ2) is 14.2. The number of nitrogens with zero attached hydrogens (tertiary/aromatic N) is 1. The monoisotopic (exact) mass is 546 g/mol. The molecule has 4 rings (SSSR count). The first-order valence-corrected chi connectivity index (χ1v) is 13.2. The number of methoxy groups -OCH3 is 2. The fourth-order valence-electron chi connectivity index (χ4n) is 4.43. The predicted octanol–water partition coefficient (Wildman–Crippen LogP) is 6.01. The number of ether oxygens (including phenoxy) is 3. The van der Waals surface area contributed by atoms with Gasteiger partial charge in [-0.05, 0) is 78.6 Å². The van der Waals surface area contributed by atoms with E-state index >= 15 is 0 Å². The van der Waals surface area contributed by atoms with Crippen molar-refractivity contribution < 1.29 is 27.8 Å². The van der Waals surface area contributed by atoms with Crippen LogP contribution in [0.25, 0.3) is 0 Å². The van der Waals surface area contributed by atoms with E-state index < -0.39 is 0 Å². The third-order valence-electron chi connectivity index (χ3n) is 6.35. The Morgan fingerprint density at radius 3 is 2.33 bits per heavy atom. The number of furan rings is 1. The van der Waals surface area contributed by atoms with Crippen LogP contribution in [0.2, 0.25) is 0 Å². The third kappa shape index (κ3) is 8.10. The first kappa shape index (κ1) is 28.7. The molecule has 4 aromatic rings. The van der Waals surface area contributed by atoms with Crippen LogP contribution < -0.4 is 19.5 Å². The van der Waals surface area contributed by atoms with E-state index in [1.165, 1.54) is 12.1 Å². The van der Waals surface area contributed by atoms with E-state index in [1.54, 1.807) is 32.4 Å². The first-order chi connectivity index (χ1) is 19.5. The minimum Gasteiger partial charge on any atom is -0.494 e. The van der Waals surface area contributed by atoms with Crippen molar-refractivity contribution in [3.63, 3.8) is 0 Å². The lowest BCUT2D eigenvalue weighted by Crippen LogP contribution is -2.25. The van der Waals surface area contributed by atoms with Gasteiger partial charge < -0.3 is 23.9 Å². The molecule has 40 heavy (non-hydrogen) atoms. The van der Waals surface area contributed by atoms with E-state index in [-0.39, 0.29) is 17.5 Å². The van der Waals surface area contributed by atoms with Gasteiger partial charge in [0.25, 0.3) is 5.91 Å². The molecule has 7 nitrogen and oxygen atoms in total.